The highest BCUT2D eigenvalue weighted by Gasteiger charge is 2.26. The van der Waals surface area contributed by atoms with Gasteiger partial charge in [-0.1, -0.05) is 12.1 Å². The first-order chi connectivity index (χ1) is 14.4. The molecule has 0 unspecified atom stereocenters. The molecule has 0 spiro atoms. The van der Waals surface area contributed by atoms with Crippen LogP contribution in [0.3, 0.4) is 0 Å². The standard InChI is InChI=1S/C20H17N5O4S/c1-13-10-18(24(22-13)14-6-8-15(9-7-14)25(28)29)21-19(26)11-23-16-4-2-3-5-17(16)30-12-20(23)27/h2-10H,11-12H2,1H3,(H,21,26). The number of hydrogen-bond acceptors (Lipinski definition) is 6. The summed E-state index contributed by atoms with van der Waals surface area (Å²) in [5, 5.41) is 18.0. The van der Waals surface area contributed by atoms with Crippen molar-refractivity contribution < 1.29 is 14.5 Å². The van der Waals surface area contributed by atoms with Crippen molar-refractivity contribution in [2.45, 2.75) is 11.8 Å². The van der Waals surface area contributed by atoms with Gasteiger partial charge in [0.2, 0.25) is 11.8 Å². The van der Waals surface area contributed by atoms with E-state index in [0.29, 0.717) is 22.9 Å². The van der Waals surface area contributed by atoms with E-state index in [4.69, 9.17) is 0 Å². The smallest absolute Gasteiger partial charge is 0.269 e. The van der Waals surface area contributed by atoms with Crippen molar-refractivity contribution >= 4 is 40.8 Å². The second kappa shape index (κ2) is 7.99. The summed E-state index contributed by atoms with van der Waals surface area (Å²) >= 11 is 1.45. The lowest BCUT2D eigenvalue weighted by Crippen LogP contribution is -2.41. The van der Waals surface area contributed by atoms with Crippen LogP contribution in [0.4, 0.5) is 17.2 Å². The quantitative estimate of drug-likeness (QED) is 0.499. The van der Waals surface area contributed by atoms with Gasteiger partial charge in [0, 0.05) is 23.1 Å². The predicted molar refractivity (Wildman–Crippen MR) is 113 cm³/mol. The van der Waals surface area contributed by atoms with E-state index in [0.717, 1.165) is 4.90 Å². The van der Waals surface area contributed by atoms with Crippen LogP contribution in [-0.4, -0.2) is 38.8 Å². The normalized spacial score (nSPS) is 13.1. The fourth-order valence-corrected chi connectivity index (χ4v) is 4.09. The first-order valence-corrected chi connectivity index (χ1v) is 10.0. The molecule has 4 rings (SSSR count). The number of rotatable bonds is 5. The molecule has 30 heavy (non-hydrogen) atoms. The Morgan fingerprint density at radius 1 is 1.23 bits per heavy atom. The molecule has 0 saturated heterocycles. The molecule has 1 N–H and O–H groups in total. The van der Waals surface area contributed by atoms with E-state index in [9.17, 15) is 19.7 Å². The molecule has 2 aromatic carbocycles. The van der Waals surface area contributed by atoms with E-state index >= 15 is 0 Å². The van der Waals surface area contributed by atoms with Gasteiger partial charge in [-0.2, -0.15) is 5.10 Å². The van der Waals surface area contributed by atoms with Gasteiger partial charge >= 0.3 is 0 Å². The molecule has 9 nitrogen and oxygen atoms in total. The Bertz CT molecular complexity index is 1140. The lowest BCUT2D eigenvalue weighted by atomic mass is 10.2. The topological polar surface area (TPSA) is 110 Å². The van der Waals surface area contributed by atoms with E-state index in [2.05, 4.69) is 10.4 Å². The van der Waals surface area contributed by atoms with Gasteiger partial charge < -0.3 is 10.2 Å². The van der Waals surface area contributed by atoms with Gasteiger partial charge in [0.05, 0.1) is 27.7 Å². The van der Waals surface area contributed by atoms with Crippen LogP contribution in [0.15, 0.2) is 59.5 Å². The minimum absolute atomic E-state index is 0.0339. The Morgan fingerprint density at radius 2 is 1.97 bits per heavy atom. The summed E-state index contributed by atoms with van der Waals surface area (Å²) in [6, 6.07) is 15.0. The number of carbonyl (C=O) groups is 2. The number of thioether (sulfide) groups is 1. The number of benzene rings is 2. The lowest BCUT2D eigenvalue weighted by Gasteiger charge is -2.28. The van der Waals surface area contributed by atoms with E-state index in [-0.39, 0.29) is 29.8 Å². The van der Waals surface area contributed by atoms with Crippen LogP contribution in [0.5, 0.6) is 0 Å². The molecule has 0 atom stereocenters. The Kier molecular flexibility index (Phi) is 5.23. The van der Waals surface area contributed by atoms with Crippen molar-refractivity contribution in [2.75, 3.05) is 22.5 Å². The molecule has 0 aliphatic carbocycles. The summed E-state index contributed by atoms with van der Waals surface area (Å²) in [6.07, 6.45) is 0. The number of nitrogens with zero attached hydrogens (tertiary/aromatic N) is 4. The number of amides is 2. The van der Waals surface area contributed by atoms with Crippen LogP contribution in [0.25, 0.3) is 5.69 Å². The van der Waals surface area contributed by atoms with Crippen molar-refractivity contribution in [3.8, 4) is 5.69 Å². The van der Waals surface area contributed by atoms with Gasteiger partial charge in [0.25, 0.3) is 5.69 Å². The van der Waals surface area contributed by atoms with E-state index in [1.165, 1.54) is 33.5 Å². The maximum atomic E-state index is 12.7. The van der Waals surface area contributed by atoms with Gasteiger partial charge in [0.1, 0.15) is 12.4 Å². The molecular formula is C20H17N5O4S. The number of nitro benzene ring substituents is 1. The Hall–Kier alpha value is -3.66. The molecule has 2 heterocycles. The van der Waals surface area contributed by atoms with Gasteiger partial charge in [0.15, 0.2) is 0 Å². The maximum Gasteiger partial charge on any atom is 0.269 e. The Balaban J connectivity index is 1.55. The number of aryl methyl sites for hydroxylation is 1. The van der Waals surface area contributed by atoms with Gasteiger partial charge in [-0.05, 0) is 31.2 Å². The number of anilines is 2. The first kappa shape index (κ1) is 19.6. The van der Waals surface area contributed by atoms with Gasteiger partial charge in [-0.25, -0.2) is 4.68 Å². The SMILES string of the molecule is Cc1cc(NC(=O)CN2C(=O)CSc3ccccc32)n(-c2ccc([N+](=O)[O-])cc2)n1. The van der Waals surface area contributed by atoms with Crippen LogP contribution in [0.1, 0.15) is 5.69 Å². The first-order valence-electron chi connectivity index (χ1n) is 9.06. The summed E-state index contributed by atoms with van der Waals surface area (Å²) in [5.74, 6) is 0.199. The van der Waals surface area contributed by atoms with Crippen molar-refractivity contribution in [1.29, 1.82) is 0 Å². The molecule has 1 aliphatic rings. The number of carbonyl (C=O) groups excluding carboxylic acids is 2. The number of non-ortho nitro benzene ring substituents is 1. The van der Waals surface area contributed by atoms with E-state index < -0.39 is 4.92 Å². The van der Waals surface area contributed by atoms with Crippen molar-refractivity contribution in [1.82, 2.24) is 9.78 Å². The van der Waals surface area contributed by atoms with E-state index in [1.807, 2.05) is 24.3 Å². The number of aromatic nitrogens is 2. The number of nitrogens with one attached hydrogen (secondary N) is 1. The number of fused-ring (bicyclic) bond motifs is 1. The molecule has 0 fully saturated rings. The van der Waals surface area contributed by atoms with Crippen molar-refractivity contribution in [2.24, 2.45) is 0 Å². The molecule has 0 saturated carbocycles. The molecule has 1 aliphatic heterocycles. The fourth-order valence-electron chi connectivity index (χ4n) is 3.15. The van der Waals surface area contributed by atoms with E-state index in [1.54, 1.807) is 25.1 Å². The highest BCUT2D eigenvalue weighted by Crippen LogP contribution is 2.34. The summed E-state index contributed by atoms with van der Waals surface area (Å²) in [4.78, 5) is 37.9. The second-order valence-electron chi connectivity index (χ2n) is 6.64. The van der Waals surface area contributed by atoms with Crippen molar-refractivity contribution in [3.63, 3.8) is 0 Å². The highest BCUT2D eigenvalue weighted by molar-refractivity contribution is 8.00. The number of hydrogen-bond donors (Lipinski definition) is 1. The van der Waals surface area contributed by atoms with Crippen LogP contribution in [-0.2, 0) is 9.59 Å². The molecule has 0 radical (unpaired) electrons. The third-order valence-corrected chi connectivity index (χ3v) is 5.56. The zero-order chi connectivity index (χ0) is 21.3. The second-order valence-corrected chi connectivity index (χ2v) is 7.66. The Labute approximate surface area is 175 Å². The zero-order valence-corrected chi connectivity index (χ0v) is 16.8. The molecular weight excluding hydrogens is 406 g/mol. The molecule has 10 heteroatoms. The molecule has 1 aromatic heterocycles. The largest absolute Gasteiger partial charge is 0.309 e. The minimum atomic E-state index is -0.480. The third-order valence-electron chi connectivity index (χ3n) is 4.51. The average Bonchev–Trinajstić information content (AvgIpc) is 3.10. The molecule has 152 valence electrons. The molecule has 0 bridgehead atoms. The summed E-state index contributed by atoms with van der Waals surface area (Å²) in [6.45, 7) is 1.65. The molecule has 2 amide bonds. The summed E-state index contributed by atoms with van der Waals surface area (Å²) < 4.78 is 1.50. The van der Waals surface area contributed by atoms with Crippen LogP contribution < -0.4 is 10.2 Å². The van der Waals surface area contributed by atoms with Crippen molar-refractivity contribution in [3.05, 3.63) is 70.4 Å². The lowest BCUT2D eigenvalue weighted by molar-refractivity contribution is -0.384. The monoisotopic (exact) mass is 423 g/mol. The van der Waals surface area contributed by atoms with Crippen LogP contribution in [0.2, 0.25) is 0 Å². The van der Waals surface area contributed by atoms with Gasteiger partial charge in [-0.3, -0.25) is 19.7 Å². The number of nitro groups is 1. The highest BCUT2D eigenvalue weighted by atomic mass is 32.2. The van der Waals surface area contributed by atoms with Crippen LogP contribution in [0, 0.1) is 17.0 Å². The maximum absolute atomic E-state index is 12.7. The number of para-hydroxylation sites is 1. The molecule has 3 aromatic rings. The summed E-state index contributed by atoms with van der Waals surface area (Å²) in [7, 11) is 0. The van der Waals surface area contributed by atoms with Gasteiger partial charge in [-0.15, -0.1) is 11.8 Å². The fraction of sp³-hybridized carbons (Fsp3) is 0.150. The summed E-state index contributed by atoms with van der Waals surface area (Å²) in [5.41, 5.74) is 1.92. The third kappa shape index (κ3) is 3.90. The minimum Gasteiger partial charge on any atom is -0.309 e. The van der Waals surface area contributed by atoms with Crippen LogP contribution >= 0.6 is 11.8 Å². The predicted octanol–water partition coefficient (Wildman–Crippen LogP) is 3.17. The zero-order valence-electron chi connectivity index (χ0n) is 15.9. The Morgan fingerprint density at radius 3 is 2.70 bits per heavy atom. The average molecular weight is 423 g/mol.